The molecule has 2 aliphatic rings. The van der Waals surface area contributed by atoms with E-state index in [0.717, 1.165) is 18.4 Å². The van der Waals surface area contributed by atoms with Gasteiger partial charge in [-0.15, -0.1) is 0 Å². The lowest BCUT2D eigenvalue weighted by molar-refractivity contribution is -0.133. The summed E-state index contributed by atoms with van der Waals surface area (Å²) in [5, 5.41) is 0. The third kappa shape index (κ3) is 3.70. The third-order valence-corrected chi connectivity index (χ3v) is 5.61. The average Bonchev–Trinajstić information content (AvgIpc) is 3.05. The zero-order valence-corrected chi connectivity index (χ0v) is 15.5. The van der Waals surface area contributed by atoms with Crippen molar-refractivity contribution in [1.82, 2.24) is 19.8 Å². The van der Waals surface area contributed by atoms with Gasteiger partial charge in [0.2, 0.25) is 11.7 Å². The fourth-order valence-corrected chi connectivity index (χ4v) is 4.15. The summed E-state index contributed by atoms with van der Waals surface area (Å²) in [7, 11) is 0. The number of benzene rings is 1. The molecule has 2 amide bonds. The van der Waals surface area contributed by atoms with Gasteiger partial charge in [-0.05, 0) is 37.3 Å². The smallest absolute Gasteiger partial charge is 0.291 e. The zero-order chi connectivity index (χ0) is 18.8. The molecule has 2 saturated heterocycles. The summed E-state index contributed by atoms with van der Waals surface area (Å²) in [6.07, 6.45) is 5.62. The van der Waals surface area contributed by atoms with Crippen molar-refractivity contribution in [2.45, 2.75) is 38.8 Å². The van der Waals surface area contributed by atoms with E-state index in [4.69, 9.17) is 0 Å². The number of nitrogens with zero attached hydrogens (tertiary/aromatic N) is 4. The quantitative estimate of drug-likeness (QED) is 0.839. The fraction of sp³-hybridized carbons (Fsp3) is 0.429. The van der Waals surface area contributed by atoms with E-state index in [1.54, 1.807) is 18.5 Å². The Morgan fingerprint density at radius 1 is 1.15 bits per heavy atom. The molecule has 0 unspecified atom stereocenters. The molecule has 2 aromatic rings. The molecule has 0 N–H and O–H groups in total. The maximum Gasteiger partial charge on any atom is 0.291 e. The number of aryl methyl sites for hydroxylation is 1. The summed E-state index contributed by atoms with van der Waals surface area (Å²) in [4.78, 5) is 37.5. The summed E-state index contributed by atoms with van der Waals surface area (Å²) in [6.45, 7) is 3.88. The van der Waals surface area contributed by atoms with Gasteiger partial charge in [-0.1, -0.05) is 29.8 Å². The van der Waals surface area contributed by atoms with Crippen LogP contribution in [0.3, 0.4) is 0 Å². The van der Waals surface area contributed by atoms with E-state index in [-0.39, 0.29) is 23.7 Å². The fourth-order valence-electron chi connectivity index (χ4n) is 4.15. The summed E-state index contributed by atoms with van der Waals surface area (Å²) in [6, 6.07) is 10.1. The Kier molecular flexibility index (Phi) is 4.88. The van der Waals surface area contributed by atoms with Crippen LogP contribution in [0.15, 0.2) is 42.7 Å². The van der Waals surface area contributed by atoms with Crippen LogP contribution < -0.4 is 0 Å². The molecule has 4 rings (SSSR count). The van der Waals surface area contributed by atoms with E-state index >= 15 is 0 Å². The molecule has 0 aliphatic carbocycles. The molecule has 1 aromatic carbocycles. The van der Waals surface area contributed by atoms with Crippen LogP contribution >= 0.6 is 0 Å². The summed E-state index contributed by atoms with van der Waals surface area (Å²) in [5.74, 6) is 0.583. The van der Waals surface area contributed by atoms with Gasteiger partial charge in [0.05, 0.1) is 6.04 Å². The lowest BCUT2D eigenvalue weighted by atomic mass is 9.98. The second-order valence-corrected chi connectivity index (χ2v) is 7.51. The number of likely N-dealkylation sites (tertiary alicyclic amines) is 2. The number of hydrogen-bond donors (Lipinski definition) is 0. The van der Waals surface area contributed by atoms with Crippen LogP contribution in [0.2, 0.25) is 0 Å². The maximum absolute atomic E-state index is 12.8. The molecular formula is C21H24N4O2. The summed E-state index contributed by atoms with van der Waals surface area (Å²) < 4.78 is 0. The highest BCUT2D eigenvalue weighted by molar-refractivity contribution is 5.90. The highest BCUT2D eigenvalue weighted by Crippen LogP contribution is 2.32. The number of aromatic nitrogens is 2. The Morgan fingerprint density at radius 2 is 1.89 bits per heavy atom. The standard InChI is InChI=1S/C21H24N4O2/c1-15-6-8-16(9-7-15)12-25-18-14-24(13-17(18)4-2-5-19(25)26)21(27)20-22-10-3-11-23-20/h3,6-11,17-18H,2,4-5,12-14H2,1H3/t17-,18+/m1/s1. The van der Waals surface area contributed by atoms with Crippen molar-refractivity contribution < 1.29 is 9.59 Å². The Labute approximate surface area is 159 Å². The maximum atomic E-state index is 12.8. The second-order valence-electron chi connectivity index (χ2n) is 7.51. The average molecular weight is 364 g/mol. The van der Waals surface area contributed by atoms with Gasteiger partial charge < -0.3 is 9.80 Å². The van der Waals surface area contributed by atoms with Crippen LogP contribution in [0.4, 0.5) is 0 Å². The highest BCUT2D eigenvalue weighted by atomic mass is 16.2. The van der Waals surface area contributed by atoms with Crippen LogP contribution in [-0.2, 0) is 11.3 Å². The lowest BCUT2D eigenvalue weighted by Gasteiger charge is -2.30. The minimum absolute atomic E-state index is 0.0639. The monoisotopic (exact) mass is 364 g/mol. The van der Waals surface area contributed by atoms with Crippen molar-refractivity contribution in [3.05, 3.63) is 59.7 Å². The first-order chi connectivity index (χ1) is 13.1. The molecule has 0 spiro atoms. The molecule has 2 fully saturated rings. The molecule has 0 saturated carbocycles. The van der Waals surface area contributed by atoms with Crippen LogP contribution in [0.1, 0.15) is 41.0 Å². The van der Waals surface area contributed by atoms with E-state index in [0.29, 0.717) is 32.0 Å². The van der Waals surface area contributed by atoms with E-state index in [1.807, 2.05) is 9.80 Å². The van der Waals surface area contributed by atoms with Crippen LogP contribution in [-0.4, -0.2) is 50.7 Å². The number of carbonyl (C=O) groups is 2. The topological polar surface area (TPSA) is 66.4 Å². The Hall–Kier alpha value is -2.76. The lowest BCUT2D eigenvalue weighted by Crippen LogP contribution is -2.43. The molecule has 140 valence electrons. The Morgan fingerprint density at radius 3 is 2.63 bits per heavy atom. The first-order valence-corrected chi connectivity index (χ1v) is 9.53. The predicted octanol–water partition coefficient (Wildman–Crippen LogP) is 2.44. The molecule has 27 heavy (non-hydrogen) atoms. The first-order valence-electron chi connectivity index (χ1n) is 9.53. The van der Waals surface area contributed by atoms with E-state index < -0.39 is 0 Å². The van der Waals surface area contributed by atoms with Gasteiger partial charge in [0.15, 0.2) is 0 Å². The van der Waals surface area contributed by atoms with Crippen molar-refractivity contribution in [2.24, 2.45) is 5.92 Å². The van der Waals surface area contributed by atoms with E-state index in [2.05, 4.69) is 41.2 Å². The predicted molar refractivity (Wildman–Crippen MR) is 101 cm³/mol. The minimum Gasteiger partial charge on any atom is -0.333 e. The number of carbonyl (C=O) groups excluding carboxylic acids is 2. The Bertz CT molecular complexity index is 822. The van der Waals surface area contributed by atoms with Crippen molar-refractivity contribution in [1.29, 1.82) is 0 Å². The second kappa shape index (κ2) is 7.47. The molecule has 1 aromatic heterocycles. The largest absolute Gasteiger partial charge is 0.333 e. The highest BCUT2D eigenvalue weighted by Gasteiger charge is 2.42. The van der Waals surface area contributed by atoms with Crippen LogP contribution in [0.25, 0.3) is 0 Å². The molecule has 3 heterocycles. The molecule has 0 bridgehead atoms. The third-order valence-electron chi connectivity index (χ3n) is 5.61. The van der Waals surface area contributed by atoms with Crippen molar-refractivity contribution >= 4 is 11.8 Å². The van der Waals surface area contributed by atoms with Gasteiger partial charge in [0.25, 0.3) is 5.91 Å². The van der Waals surface area contributed by atoms with E-state index in [9.17, 15) is 9.59 Å². The van der Waals surface area contributed by atoms with Crippen LogP contribution in [0, 0.1) is 12.8 Å². The SMILES string of the molecule is Cc1ccc(CN2C(=O)CCC[C@@H]3CN(C(=O)c4ncccn4)C[C@@H]32)cc1. The van der Waals surface area contributed by atoms with Gasteiger partial charge in [-0.25, -0.2) is 9.97 Å². The molecule has 6 nitrogen and oxygen atoms in total. The number of amides is 2. The first kappa shape index (κ1) is 17.6. The number of fused-ring (bicyclic) bond motifs is 1. The Balaban J connectivity index is 1.54. The summed E-state index contributed by atoms with van der Waals surface area (Å²) in [5.41, 5.74) is 2.34. The van der Waals surface area contributed by atoms with Crippen molar-refractivity contribution in [3.63, 3.8) is 0 Å². The van der Waals surface area contributed by atoms with E-state index in [1.165, 1.54) is 5.56 Å². The number of rotatable bonds is 3. The molecule has 0 radical (unpaired) electrons. The van der Waals surface area contributed by atoms with Crippen molar-refractivity contribution in [2.75, 3.05) is 13.1 Å². The summed E-state index contributed by atoms with van der Waals surface area (Å²) >= 11 is 0. The van der Waals surface area contributed by atoms with Gasteiger partial charge in [-0.3, -0.25) is 9.59 Å². The molecule has 2 aliphatic heterocycles. The molecular weight excluding hydrogens is 340 g/mol. The van der Waals surface area contributed by atoms with Gasteiger partial charge in [0, 0.05) is 38.4 Å². The zero-order valence-electron chi connectivity index (χ0n) is 15.5. The number of hydrogen-bond acceptors (Lipinski definition) is 4. The molecule has 6 heteroatoms. The van der Waals surface area contributed by atoms with Gasteiger partial charge in [-0.2, -0.15) is 0 Å². The van der Waals surface area contributed by atoms with Crippen molar-refractivity contribution in [3.8, 4) is 0 Å². The van der Waals surface area contributed by atoms with Gasteiger partial charge in [0.1, 0.15) is 0 Å². The normalized spacial score (nSPS) is 22.5. The minimum atomic E-state index is -0.147. The molecule has 2 atom stereocenters. The van der Waals surface area contributed by atoms with Crippen LogP contribution in [0.5, 0.6) is 0 Å². The van der Waals surface area contributed by atoms with Gasteiger partial charge >= 0.3 is 0 Å².